The molecule has 2 rings (SSSR count). The summed E-state index contributed by atoms with van der Waals surface area (Å²) < 4.78 is 0. The van der Waals surface area contributed by atoms with Crippen molar-refractivity contribution in [1.82, 2.24) is 10.3 Å². The Morgan fingerprint density at radius 2 is 2.08 bits per heavy atom. The third kappa shape index (κ3) is 3.72. The van der Waals surface area contributed by atoms with E-state index in [9.17, 15) is 9.59 Å². The van der Waals surface area contributed by atoms with Crippen molar-refractivity contribution < 1.29 is 19.5 Å². The van der Waals surface area contributed by atoms with Gasteiger partial charge in [0.1, 0.15) is 5.69 Å². The van der Waals surface area contributed by atoms with E-state index in [4.69, 9.17) is 9.94 Å². The minimum atomic E-state index is -1.36. The number of aliphatic carboxylic acids is 1. The van der Waals surface area contributed by atoms with E-state index in [1.54, 1.807) is 13.1 Å². The Kier molecular flexibility index (Phi) is 5.21. The van der Waals surface area contributed by atoms with E-state index in [0.29, 0.717) is 5.69 Å². The van der Waals surface area contributed by atoms with Gasteiger partial charge in [-0.1, -0.05) is 11.2 Å². The fourth-order valence-electron chi connectivity index (χ4n) is 2.56. The Morgan fingerprint density at radius 1 is 1.38 bits per heavy atom. The Morgan fingerprint density at radius 3 is 2.62 bits per heavy atom. The number of pyridine rings is 1. The van der Waals surface area contributed by atoms with Gasteiger partial charge in [0.25, 0.3) is 5.91 Å². The summed E-state index contributed by atoms with van der Waals surface area (Å²) in [5.41, 5.74) is 0.614. The van der Waals surface area contributed by atoms with E-state index >= 15 is 0 Å². The van der Waals surface area contributed by atoms with Crippen LogP contribution in [0.1, 0.15) is 55.7 Å². The second-order valence-electron chi connectivity index (χ2n) is 6.46. The topological polar surface area (TPSA) is 101 Å². The van der Waals surface area contributed by atoms with Gasteiger partial charge >= 0.3 is 5.97 Å². The number of carboxylic acids is 1. The molecule has 2 N–H and O–H groups in total. The smallest absolute Gasteiger partial charge is 0.350 e. The van der Waals surface area contributed by atoms with Crippen molar-refractivity contribution in [1.29, 1.82) is 0 Å². The predicted octanol–water partition coefficient (Wildman–Crippen LogP) is 2.19. The van der Waals surface area contributed by atoms with E-state index in [2.05, 4.69) is 15.5 Å². The summed E-state index contributed by atoms with van der Waals surface area (Å²) in [6.07, 6.45) is 1.88. The number of rotatable bonds is 6. The molecule has 24 heavy (non-hydrogen) atoms. The maximum absolute atomic E-state index is 11.7. The van der Waals surface area contributed by atoms with Crippen LogP contribution in [0.3, 0.4) is 0 Å². The van der Waals surface area contributed by atoms with Gasteiger partial charge in [0.15, 0.2) is 0 Å². The molecule has 0 aliphatic heterocycles. The Bertz CT molecular complexity index is 670. The van der Waals surface area contributed by atoms with Gasteiger partial charge in [0, 0.05) is 24.6 Å². The molecule has 7 heteroatoms. The van der Waals surface area contributed by atoms with Crippen LogP contribution in [0.2, 0.25) is 0 Å². The predicted molar refractivity (Wildman–Crippen MR) is 89.0 cm³/mol. The van der Waals surface area contributed by atoms with Crippen LogP contribution < -0.4 is 5.32 Å². The first-order valence-corrected chi connectivity index (χ1v) is 7.91. The third-order valence-electron chi connectivity index (χ3n) is 4.35. The highest BCUT2D eigenvalue weighted by Crippen LogP contribution is 2.42. The van der Waals surface area contributed by atoms with Gasteiger partial charge in [-0.2, -0.15) is 0 Å². The average molecular weight is 333 g/mol. The number of carbonyl (C=O) groups excluding carboxylic acids is 1. The van der Waals surface area contributed by atoms with Crippen LogP contribution in [-0.4, -0.2) is 40.3 Å². The van der Waals surface area contributed by atoms with Gasteiger partial charge in [0.05, 0.1) is 5.71 Å². The zero-order chi connectivity index (χ0) is 17.9. The summed E-state index contributed by atoms with van der Waals surface area (Å²) in [4.78, 5) is 32.4. The van der Waals surface area contributed by atoms with E-state index < -0.39 is 11.6 Å². The molecule has 0 radical (unpaired) electrons. The number of carbonyl (C=O) groups is 2. The van der Waals surface area contributed by atoms with Crippen LogP contribution in [0.25, 0.3) is 0 Å². The molecule has 1 amide bonds. The van der Waals surface area contributed by atoms with Gasteiger partial charge < -0.3 is 15.3 Å². The molecule has 2 unspecified atom stereocenters. The Hall–Kier alpha value is -2.44. The maximum Gasteiger partial charge on any atom is 0.350 e. The highest BCUT2D eigenvalue weighted by atomic mass is 16.7. The molecular weight excluding hydrogens is 310 g/mol. The van der Waals surface area contributed by atoms with Crippen LogP contribution in [0.15, 0.2) is 23.4 Å². The molecule has 0 bridgehead atoms. The summed E-state index contributed by atoms with van der Waals surface area (Å²) in [7, 11) is 1.57. The molecule has 1 aromatic rings. The van der Waals surface area contributed by atoms with Crippen molar-refractivity contribution in [3.63, 3.8) is 0 Å². The quantitative estimate of drug-likeness (QED) is 0.614. The number of nitrogens with one attached hydrogen (secondary N) is 1. The molecule has 2 atom stereocenters. The van der Waals surface area contributed by atoms with Crippen molar-refractivity contribution in [3.05, 3.63) is 29.6 Å². The summed E-state index contributed by atoms with van der Waals surface area (Å²) in [6, 6.07) is 5.40. The summed E-state index contributed by atoms with van der Waals surface area (Å²) in [6.45, 7) is 4.74. The van der Waals surface area contributed by atoms with E-state index in [0.717, 1.165) is 24.2 Å². The number of nitrogens with zero attached hydrogens (tertiary/aromatic N) is 2. The molecule has 7 nitrogen and oxygen atoms in total. The lowest BCUT2D eigenvalue weighted by molar-refractivity contribution is -0.161. The number of hydrogen-bond donors (Lipinski definition) is 2. The fourth-order valence-corrected chi connectivity index (χ4v) is 2.56. The van der Waals surface area contributed by atoms with Crippen molar-refractivity contribution in [3.8, 4) is 0 Å². The standard InChI is InChI=1S/C17H23N3O4/c1-10(20-24-17(2,3)16(22)23)11-8-9-12(11)13-6-5-7-14(19-13)15(21)18-4/h5-7,11-12H,8-9H2,1-4H3,(H,18,21)(H,22,23)/b20-10+. The summed E-state index contributed by atoms with van der Waals surface area (Å²) >= 11 is 0. The fraction of sp³-hybridized carbons (Fsp3) is 0.529. The Balaban J connectivity index is 2.12. The van der Waals surface area contributed by atoms with Crippen LogP contribution in [0.5, 0.6) is 0 Å². The van der Waals surface area contributed by atoms with Gasteiger partial charge in [-0.25, -0.2) is 9.78 Å². The van der Waals surface area contributed by atoms with Gasteiger partial charge in [-0.3, -0.25) is 4.79 Å². The zero-order valence-corrected chi connectivity index (χ0v) is 14.4. The first kappa shape index (κ1) is 17.9. The molecule has 0 saturated heterocycles. The normalized spacial score (nSPS) is 20.9. The van der Waals surface area contributed by atoms with Crippen LogP contribution >= 0.6 is 0 Å². The minimum Gasteiger partial charge on any atom is -0.478 e. The lowest BCUT2D eigenvalue weighted by Crippen LogP contribution is -2.35. The number of aromatic nitrogens is 1. The molecule has 1 saturated carbocycles. The zero-order valence-electron chi connectivity index (χ0n) is 14.4. The number of oxime groups is 1. The molecule has 1 aromatic heterocycles. The molecule has 1 aliphatic rings. The summed E-state index contributed by atoms with van der Waals surface area (Å²) in [5, 5.41) is 15.6. The molecule has 1 heterocycles. The van der Waals surface area contributed by atoms with Crippen molar-refractivity contribution in [2.45, 2.75) is 45.1 Å². The largest absolute Gasteiger partial charge is 0.478 e. The molecular formula is C17H23N3O4. The van der Waals surface area contributed by atoms with Crippen molar-refractivity contribution in [2.75, 3.05) is 7.05 Å². The van der Waals surface area contributed by atoms with E-state index in [1.807, 2.05) is 19.1 Å². The molecule has 1 fully saturated rings. The Labute approximate surface area is 141 Å². The molecule has 0 spiro atoms. The number of carboxylic acid groups (broad SMARTS) is 1. The van der Waals surface area contributed by atoms with Crippen LogP contribution in [-0.2, 0) is 9.63 Å². The minimum absolute atomic E-state index is 0.141. The second kappa shape index (κ2) is 6.98. The first-order chi connectivity index (χ1) is 11.3. The molecule has 130 valence electrons. The third-order valence-corrected chi connectivity index (χ3v) is 4.35. The number of hydrogen-bond acceptors (Lipinski definition) is 5. The van der Waals surface area contributed by atoms with Crippen molar-refractivity contribution in [2.24, 2.45) is 11.1 Å². The highest BCUT2D eigenvalue weighted by molar-refractivity contribution is 5.92. The lowest BCUT2D eigenvalue weighted by atomic mass is 9.69. The van der Waals surface area contributed by atoms with Crippen LogP contribution in [0, 0.1) is 5.92 Å². The van der Waals surface area contributed by atoms with E-state index in [-0.39, 0.29) is 17.7 Å². The van der Waals surface area contributed by atoms with Crippen molar-refractivity contribution >= 4 is 17.6 Å². The summed E-state index contributed by atoms with van der Waals surface area (Å²) in [5.74, 6) is -0.981. The number of amides is 1. The van der Waals surface area contributed by atoms with Crippen LogP contribution in [0.4, 0.5) is 0 Å². The monoisotopic (exact) mass is 333 g/mol. The molecule has 1 aliphatic carbocycles. The SMILES string of the molecule is CNC(=O)c1cccc(C2CCC2/C(C)=N/OC(C)(C)C(=O)O)n1. The van der Waals surface area contributed by atoms with Gasteiger partial charge in [-0.15, -0.1) is 0 Å². The van der Waals surface area contributed by atoms with Gasteiger partial charge in [-0.05, 0) is 45.7 Å². The second-order valence-corrected chi connectivity index (χ2v) is 6.46. The lowest BCUT2D eigenvalue weighted by Gasteiger charge is -2.36. The first-order valence-electron chi connectivity index (χ1n) is 7.91. The highest BCUT2D eigenvalue weighted by Gasteiger charge is 2.37. The molecule has 0 aromatic carbocycles. The maximum atomic E-state index is 11.7. The average Bonchev–Trinajstić information content (AvgIpc) is 2.51. The van der Waals surface area contributed by atoms with Gasteiger partial charge in [0.2, 0.25) is 5.60 Å². The van der Waals surface area contributed by atoms with E-state index in [1.165, 1.54) is 13.8 Å².